The highest BCUT2D eigenvalue weighted by Crippen LogP contribution is 2.26. The molecule has 7 heteroatoms. The summed E-state index contributed by atoms with van der Waals surface area (Å²) >= 11 is 12.5. The van der Waals surface area contributed by atoms with Gasteiger partial charge in [0.25, 0.3) is 0 Å². The van der Waals surface area contributed by atoms with Crippen LogP contribution in [0, 0.1) is 0 Å². The second-order valence-corrected chi connectivity index (χ2v) is 7.89. The van der Waals surface area contributed by atoms with Crippen LogP contribution in [0.4, 0.5) is 0 Å². The maximum Gasteiger partial charge on any atom is 0.242 e. The first kappa shape index (κ1) is 24.0. The largest absolute Gasteiger partial charge is 0.497 e. The Kier molecular flexibility index (Phi) is 9.47. The zero-order chi connectivity index (χ0) is 22.1. The summed E-state index contributed by atoms with van der Waals surface area (Å²) in [6.45, 7) is 4.63. The van der Waals surface area contributed by atoms with Crippen molar-refractivity contribution >= 4 is 35.0 Å². The quantitative estimate of drug-likeness (QED) is 0.524. The summed E-state index contributed by atoms with van der Waals surface area (Å²) in [5.41, 5.74) is 1.42. The summed E-state index contributed by atoms with van der Waals surface area (Å²) < 4.78 is 5.28. The van der Waals surface area contributed by atoms with Crippen LogP contribution in [0.1, 0.15) is 37.8 Å². The number of methoxy groups -OCH3 is 1. The number of carbonyl (C=O) groups excluding carboxylic acids is 2. The first-order chi connectivity index (χ1) is 14.4. The molecule has 2 rings (SSSR count). The molecule has 0 aliphatic rings. The lowest BCUT2D eigenvalue weighted by Gasteiger charge is -2.29. The van der Waals surface area contributed by atoms with Gasteiger partial charge in [-0.25, -0.2) is 0 Å². The molecule has 1 atom stereocenters. The Hall–Kier alpha value is -2.24. The zero-order valence-electron chi connectivity index (χ0n) is 17.6. The molecule has 5 nitrogen and oxygen atoms in total. The maximum atomic E-state index is 13.2. The van der Waals surface area contributed by atoms with E-state index in [9.17, 15) is 9.59 Å². The number of rotatable bonds is 10. The number of carbonyl (C=O) groups is 2. The lowest BCUT2D eigenvalue weighted by molar-refractivity contribution is -0.140. The van der Waals surface area contributed by atoms with Crippen molar-refractivity contribution in [3.8, 4) is 5.75 Å². The number of ether oxygens (including phenoxy) is 1. The molecule has 0 unspecified atom stereocenters. The predicted molar refractivity (Wildman–Crippen MR) is 121 cm³/mol. The molecule has 2 amide bonds. The van der Waals surface area contributed by atoms with Crippen LogP contribution in [-0.2, 0) is 22.6 Å². The monoisotopic (exact) mass is 450 g/mol. The number of hydrogen-bond acceptors (Lipinski definition) is 3. The van der Waals surface area contributed by atoms with E-state index in [1.54, 1.807) is 37.1 Å². The number of nitrogens with one attached hydrogen (secondary N) is 1. The van der Waals surface area contributed by atoms with Gasteiger partial charge in [0, 0.05) is 23.1 Å². The van der Waals surface area contributed by atoms with Crippen molar-refractivity contribution in [2.45, 2.75) is 45.7 Å². The molecule has 0 aliphatic carbocycles. The topological polar surface area (TPSA) is 58.6 Å². The molecule has 2 aromatic rings. The van der Waals surface area contributed by atoms with Crippen molar-refractivity contribution < 1.29 is 14.3 Å². The normalized spacial score (nSPS) is 11.6. The third-order valence-electron chi connectivity index (χ3n) is 4.87. The van der Waals surface area contributed by atoms with Crippen molar-refractivity contribution in [3.63, 3.8) is 0 Å². The molecule has 0 saturated carbocycles. The fourth-order valence-corrected chi connectivity index (χ4v) is 3.57. The van der Waals surface area contributed by atoms with Gasteiger partial charge in [0.2, 0.25) is 11.8 Å². The first-order valence-electron chi connectivity index (χ1n) is 10.00. The first-order valence-corrected chi connectivity index (χ1v) is 10.8. The summed E-state index contributed by atoms with van der Waals surface area (Å²) in [5, 5.41) is 3.76. The molecule has 30 heavy (non-hydrogen) atoms. The number of benzene rings is 2. The molecule has 0 spiro atoms. The predicted octanol–water partition coefficient (Wildman–Crippen LogP) is 4.88. The second kappa shape index (κ2) is 11.8. The van der Waals surface area contributed by atoms with Gasteiger partial charge in [-0.15, -0.1) is 0 Å². The Morgan fingerprint density at radius 3 is 2.43 bits per heavy atom. The fraction of sp³-hybridized carbons (Fsp3) is 0.391. The van der Waals surface area contributed by atoms with E-state index in [1.807, 2.05) is 24.3 Å². The van der Waals surface area contributed by atoms with Crippen molar-refractivity contribution in [1.29, 1.82) is 0 Å². The minimum absolute atomic E-state index is 0.00898. The van der Waals surface area contributed by atoms with E-state index < -0.39 is 6.04 Å². The fourth-order valence-electron chi connectivity index (χ4n) is 3.04. The molecule has 0 fully saturated rings. The zero-order valence-corrected chi connectivity index (χ0v) is 19.1. The summed E-state index contributed by atoms with van der Waals surface area (Å²) in [5.74, 6) is 0.269. The Balaban J connectivity index is 2.26. The van der Waals surface area contributed by atoms with Crippen LogP contribution in [0.3, 0.4) is 0 Å². The molecule has 0 aromatic heterocycles. The van der Waals surface area contributed by atoms with E-state index in [4.69, 9.17) is 27.9 Å². The number of nitrogens with zero attached hydrogens (tertiary/aromatic N) is 1. The van der Waals surface area contributed by atoms with E-state index in [-0.39, 0.29) is 24.8 Å². The van der Waals surface area contributed by atoms with Crippen LogP contribution in [0.5, 0.6) is 5.75 Å². The molecule has 0 radical (unpaired) electrons. The Labute approximate surface area is 188 Å². The molecular formula is C23H28Cl2N2O3. The number of unbranched alkanes of at least 4 members (excludes halogenated alkanes) is 1. The average Bonchev–Trinajstić information content (AvgIpc) is 2.74. The number of amides is 2. The lowest BCUT2D eigenvalue weighted by Crippen LogP contribution is -2.48. The molecule has 0 heterocycles. The van der Waals surface area contributed by atoms with Gasteiger partial charge >= 0.3 is 0 Å². The van der Waals surface area contributed by atoms with Crippen LogP contribution in [0.25, 0.3) is 0 Å². The Bertz CT molecular complexity index is 853. The summed E-state index contributed by atoms with van der Waals surface area (Å²) in [7, 11) is 1.59. The van der Waals surface area contributed by atoms with Crippen LogP contribution in [-0.4, -0.2) is 36.4 Å². The standard InChI is InChI=1S/C23H28Cl2N2O3/c1-4-5-12-26-23(29)16(2)27(15-17-8-6-9-18(13-17)30-3)22(28)14-19-20(24)10-7-11-21(19)25/h6-11,13,16H,4-5,12,14-15H2,1-3H3,(H,26,29)/t16-/m0/s1. The van der Waals surface area contributed by atoms with Gasteiger partial charge in [-0.1, -0.05) is 54.7 Å². The summed E-state index contributed by atoms with van der Waals surface area (Å²) in [6, 6.07) is 11.9. The van der Waals surface area contributed by atoms with Crippen LogP contribution in [0.15, 0.2) is 42.5 Å². The minimum Gasteiger partial charge on any atom is -0.497 e. The number of hydrogen-bond donors (Lipinski definition) is 1. The third kappa shape index (κ3) is 6.64. The molecule has 0 aliphatic heterocycles. The highest BCUT2D eigenvalue weighted by atomic mass is 35.5. The maximum absolute atomic E-state index is 13.2. The van der Waals surface area contributed by atoms with Crippen LogP contribution >= 0.6 is 23.2 Å². The minimum atomic E-state index is -0.651. The highest BCUT2D eigenvalue weighted by molar-refractivity contribution is 6.36. The van der Waals surface area contributed by atoms with Gasteiger partial charge in [0.15, 0.2) is 0 Å². The van der Waals surface area contributed by atoms with E-state index >= 15 is 0 Å². The van der Waals surface area contributed by atoms with Gasteiger partial charge in [-0.2, -0.15) is 0 Å². The van der Waals surface area contributed by atoms with Gasteiger partial charge < -0.3 is 15.0 Å². The van der Waals surface area contributed by atoms with E-state index in [2.05, 4.69) is 12.2 Å². The molecule has 1 N–H and O–H groups in total. The van der Waals surface area contributed by atoms with Crippen molar-refractivity contribution in [2.24, 2.45) is 0 Å². The van der Waals surface area contributed by atoms with E-state index in [0.29, 0.717) is 27.9 Å². The average molecular weight is 451 g/mol. The van der Waals surface area contributed by atoms with Gasteiger partial charge in [-0.3, -0.25) is 9.59 Å². The summed E-state index contributed by atoms with van der Waals surface area (Å²) in [4.78, 5) is 27.5. The van der Waals surface area contributed by atoms with Crippen molar-refractivity contribution in [2.75, 3.05) is 13.7 Å². The molecule has 2 aromatic carbocycles. The van der Waals surface area contributed by atoms with Crippen LogP contribution in [0.2, 0.25) is 10.0 Å². The SMILES string of the molecule is CCCCNC(=O)[C@H](C)N(Cc1cccc(OC)c1)C(=O)Cc1c(Cl)cccc1Cl. The van der Waals surface area contributed by atoms with E-state index in [1.165, 1.54) is 0 Å². The highest BCUT2D eigenvalue weighted by Gasteiger charge is 2.27. The Morgan fingerprint density at radius 2 is 1.80 bits per heavy atom. The van der Waals surface area contributed by atoms with Crippen LogP contribution < -0.4 is 10.1 Å². The Morgan fingerprint density at radius 1 is 1.13 bits per heavy atom. The molecule has 162 valence electrons. The number of halogens is 2. The molecule has 0 saturated heterocycles. The smallest absolute Gasteiger partial charge is 0.242 e. The van der Waals surface area contributed by atoms with Crippen molar-refractivity contribution in [3.05, 3.63) is 63.6 Å². The molecular weight excluding hydrogens is 423 g/mol. The lowest BCUT2D eigenvalue weighted by atomic mass is 10.1. The molecule has 0 bridgehead atoms. The van der Waals surface area contributed by atoms with Gasteiger partial charge in [-0.05, 0) is 48.7 Å². The van der Waals surface area contributed by atoms with Gasteiger partial charge in [0.05, 0.1) is 13.5 Å². The third-order valence-corrected chi connectivity index (χ3v) is 5.58. The van der Waals surface area contributed by atoms with E-state index in [0.717, 1.165) is 18.4 Å². The summed E-state index contributed by atoms with van der Waals surface area (Å²) in [6.07, 6.45) is 1.87. The van der Waals surface area contributed by atoms with Crippen molar-refractivity contribution in [1.82, 2.24) is 10.2 Å². The van der Waals surface area contributed by atoms with Gasteiger partial charge in [0.1, 0.15) is 11.8 Å². The second-order valence-electron chi connectivity index (χ2n) is 7.07.